The summed E-state index contributed by atoms with van der Waals surface area (Å²) in [6.07, 6.45) is 0. The average Bonchev–Trinajstić information content (AvgIpc) is 2.81. The Labute approximate surface area is 129 Å². The molecule has 0 aliphatic carbocycles. The average molecular weight is 290 g/mol. The number of rotatable bonds is 2. The van der Waals surface area contributed by atoms with Crippen LogP contribution in [-0.4, -0.2) is 16.2 Å². The lowest BCUT2D eigenvalue weighted by molar-refractivity contribution is 0.332. The maximum atomic E-state index is 5.79. The monoisotopic (exact) mass is 290 g/mol. The molecule has 0 spiro atoms. The molecule has 110 valence electrons. The zero-order valence-corrected chi connectivity index (χ0v) is 13.1. The fourth-order valence-electron chi connectivity index (χ4n) is 3.23. The molecule has 0 amide bonds. The van der Waals surface area contributed by atoms with Crippen LogP contribution in [0.3, 0.4) is 0 Å². The number of hydrogen-bond acceptors (Lipinski definition) is 2. The van der Waals surface area contributed by atoms with Crippen LogP contribution in [0, 0.1) is 6.92 Å². The van der Waals surface area contributed by atoms with Crippen molar-refractivity contribution in [2.45, 2.75) is 13.8 Å². The zero-order chi connectivity index (χ0) is 15.3. The van der Waals surface area contributed by atoms with E-state index in [1.165, 1.54) is 27.2 Å². The van der Waals surface area contributed by atoms with Crippen LogP contribution < -0.4 is 4.74 Å². The highest BCUT2D eigenvalue weighted by atomic mass is 16.5. The number of pyridine rings is 1. The number of ether oxygens (including phenoxy) is 1. The minimum absolute atomic E-state index is 0.616. The number of benzene rings is 2. The van der Waals surface area contributed by atoms with Crippen LogP contribution in [-0.2, 0) is 7.05 Å². The second kappa shape index (κ2) is 4.73. The summed E-state index contributed by atoms with van der Waals surface area (Å²) in [6.45, 7) is 4.73. The van der Waals surface area contributed by atoms with Crippen LogP contribution in [0.25, 0.3) is 32.7 Å². The molecule has 2 aromatic carbocycles. The lowest BCUT2D eigenvalue weighted by Gasteiger charge is -2.09. The van der Waals surface area contributed by atoms with Crippen molar-refractivity contribution in [2.24, 2.45) is 7.05 Å². The van der Waals surface area contributed by atoms with Crippen LogP contribution in [0.2, 0.25) is 0 Å². The van der Waals surface area contributed by atoms with Gasteiger partial charge in [-0.15, -0.1) is 0 Å². The first-order valence-corrected chi connectivity index (χ1v) is 7.61. The van der Waals surface area contributed by atoms with Crippen molar-refractivity contribution >= 4 is 32.7 Å². The highest BCUT2D eigenvalue weighted by Crippen LogP contribution is 2.37. The third-order valence-electron chi connectivity index (χ3n) is 4.24. The van der Waals surface area contributed by atoms with Gasteiger partial charge >= 0.3 is 0 Å². The van der Waals surface area contributed by atoms with E-state index in [9.17, 15) is 0 Å². The zero-order valence-electron chi connectivity index (χ0n) is 13.1. The largest absolute Gasteiger partial charge is 0.477 e. The molecule has 0 N–H and O–H groups in total. The number of nitrogens with zero attached hydrogens (tertiary/aromatic N) is 2. The van der Waals surface area contributed by atoms with Gasteiger partial charge in [0.05, 0.1) is 12.1 Å². The van der Waals surface area contributed by atoms with Crippen LogP contribution in [0.1, 0.15) is 12.5 Å². The van der Waals surface area contributed by atoms with Crippen LogP contribution >= 0.6 is 0 Å². The number of para-hydroxylation sites is 1. The van der Waals surface area contributed by atoms with Gasteiger partial charge in [0.2, 0.25) is 5.88 Å². The molecule has 0 fully saturated rings. The van der Waals surface area contributed by atoms with Crippen LogP contribution in [0.4, 0.5) is 0 Å². The Balaban J connectivity index is 2.30. The molecule has 0 aliphatic rings. The van der Waals surface area contributed by atoms with Gasteiger partial charge < -0.3 is 9.30 Å². The van der Waals surface area contributed by atoms with Crippen molar-refractivity contribution in [2.75, 3.05) is 6.61 Å². The van der Waals surface area contributed by atoms with Gasteiger partial charge in [-0.3, -0.25) is 0 Å². The molecule has 0 unspecified atom stereocenters. The van der Waals surface area contributed by atoms with Gasteiger partial charge in [-0.1, -0.05) is 35.9 Å². The van der Waals surface area contributed by atoms with Crippen LogP contribution in [0.15, 0.2) is 42.5 Å². The maximum Gasteiger partial charge on any atom is 0.223 e. The summed E-state index contributed by atoms with van der Waals surface area (Å²) >= 11 is 0. The van der Waals surface area contributed by atoms with Gasteiger partial charge in [0.25, 0.3) is 0 Å². The first kappa shape index (κ1) is 13.1. The quantitative estimate of drug-likeness (QED) is 0.540. The van der Waals surface area contributed by atoms with E-state index in [1.54, 1.807) is 0 Å². The van der Waals surface area contributed by atoms with E-state index in [4.69, 9.17) is 9.72 Å². The van der Waals surface area contributed by atoms with Gasteiger partial charge in [-0.25, -0.2) is 0 Å². The fraction of sp³-hybridized carbons (Fsp3) is 0.211. The molecular weight excluding hydrogens is 272 g/mol. The lowest BCUT2D eigenvalue weighted by Crippen LogP contribution is -1.98. The summed E-state index contributed by atoms with van der Waals surface area (Å²) in [5.41, 5.74) is 3.42. The van der Waals surface area contributed by atoms with Gasteiger partial charge in [0.1, 0.15) is 5.65 Å². The van der Waals surface area contributed by atoms with Gasteiger partial charge in [0.15, 0.2) is 0 Å². The Morgan fingerprint density at radius 3 is 2.68 bits per heavy atom. The normalized spacial score (nSPS) is 11.6. The molecule has 0 atom stereocenters. The number of hydrogen-bond donors (Lipinski definition) is 0. The Morgan fingerprint density at radius 1 is 1.05 bits per heavy atom. The Bertz CT molecular complexity index is 1010. The molecule has 0 bridgehead atoms. The van der Waals surface area contributed by atoms with Crippen molar-refractivity contribution in [3.05, 3.63) is 48.0 Å². The molecule has 3 heteroatoms. The molecule has 4 rings (SSSR count). The van der Waals surface area contributed by atoms with Crippen molar-refractivity contribution in [1.82, 2.24) is 9.55 Å². The van der Waals surface area contributed by atoms with Crippen molar-refractivity contribution in [3.8, 4) is 5.88 Å². The number of aryl methyl sites for hydroxylation is 2. The minimum Gasteiger partial charge on any atom is -0.477 e. The van der Waals surface area contributed by atoms with Crippen molar-refractivity contribution in [3.63, 3.8) is 0 Å². The fourth-order valence-corrected chi connectivity index (χ4v) is 3.23. The molecule has 4 aromatic rings. The summed E-state index contributed by atoms with van der Waals surface area (Å²) < 4.78 is 7.94. The van der Waals surface area contributed by atoms with E-state index < -0.39 is 0 Å². The third kappa shape index (κ3) is 1.72. The van der Waals surface area contributed by atoms with E-state index in [0.717, 1.165) is 16.9 Å². The first-order valence-electron chi connectivity index (χ1n) is 7.61. The summed E-state index contributed by atoms with van der Waals surface area (Å²) in [7, 11) is 2.06. The third-order valence-corrected chi connectivity index (χ3v) is 4.24. The molecule has 0 aliphatic heterocycles. The summed E-state index contributed by atoms with van der Waals surface area (Å²) in [6, 6.07) is 14.9. The molecule has 22 heavy (non-hydrogen) atoms. The smallest absolute Gasteiger partial charge is 0.223 e. The molecule has 3 nitrogen and oxygen atoms in total. The molecule has 0 saturated carbocycles. The Morgan fingerprint density at radius 2 is 1.86 bits per heavy atom. The second-order valence-electron chi connectivity index (χ2n) is 5.67. The standard InChI is InChI=1S/C19H18N2O/c1-4-22-19-13-10-9-12(2)11-15(13)17-14-7-5-6-8-16(14)21(3)18(17)20-19/h5-11H,4H2,1-3H3. The Kier molecular flexibility index (Phi) is 2.83. The van der Waals surface area contributed by atoms with Gasteiger partial charge in [0, 0.05) is 23.2 Å². The van der Waals surface area contributed by atoms with Crippen molar-refractivity contribution < 1.29 is 4.74 Å². The molecular formula is C19H18N2O. The lowest BCUT2D eigenvalue weighted by atomic mass is 10.0. The number of aromatic nitrogens is 2. The van der Waals surface area contributed by atoms with Crippen LogP contribution in [0.5, 0.6) is 5.88 Å². The minimum atomic E-state index is 0.616. The predicted molar refractivity (Wildman–Crippen MR) is 91.6 cm³/mol. The Hall–Kier alpha value is -2.55. The van der Waals surface area contributed by atoms with E-state index >= 15 is 0 Å². The summed E-state index contributed by atoms with van der Waals surface area (Å²) in [5, 5.41) is 4.74. The topological polar surface area (TPSA) is 27.1 Å². The van der Waals surface area contributed by atoms with E-state index in [2.05, 4.69) is 61.0 Å². The van der Waals surface area contributed by atoms with Crippen molar-refractivity contribution in [1.29, 1.82) is 0 Å². The molecule has 0 saturated heterocycles. The summed E-state index contributed by atoms with van der Waals surface area (Å²) in [5.74, 6) is 0.718. The van der Waals surface area contributed by atoms with E-state index in [-0.39, 0.29) is 0 Å². The highest BCUT2D eigenvalue weighted by Gasteiger charge is 2.16. The SMILES string of the molecule is CCOc1nc2c(c3cc(C)ccc13)c1ccccc1n2C. The molecule has 2 aromatic heterocycles. The second-order valence-corrected chi connectivity index (χ2v) is 5.67. The van der Waals surface area contributed by atoms with E-state index in [1.807, 2.05) is 6.92 Å². The van der Waals surface area contributed by atoms with E-state index in [0.29, 0.717) is 6.61 Å². The molecule has 0 radical (unpaired) electrons. The maximum absolute atomic E-state index is 5.79. The van der Waals surface area contributed by atoms with Gasteiger partial charge in [-0.2, -0.15) is 4.98 Å². The predicted octanol–water partition coefficient (Wildman–Crippen LogP) is 4.59. The van der Waals surface area contributed by atoms with Gasteiger partial charge in [-0.05, 0) is 31.4 Å². The highest BCUT2D eigenvalue weighted by molar-refractivity contribution is 6.20. The molecule has 2 heterocycles. The first-order chi connectivity index (χ1) is 10.7. The summed E-state index contributed by atoms with van der Waals surface area (Å²) in [4.78, 5) is 4.80. The number of fused-ring (bicyclic) bond motifs is 5.